The minimum atomic E-state index is -0.489. The molecule has 0 aromatic heterocycles. The number of likely N-dealkylation sites (tertiary alicyclic amines) is 1. The highest BCUT2D eigenvalue weighted by Crippen LogP contribution is 2.38. The standard InChI is InChI=1S/C39H52N4O5/c40-34-11-7-8-12-35(34)42-38(46)14-6-4-5-13-37(45)41-26-29-15-21-32(22-16-29)39-47-33(27-43-23-9-2-1-3-10-24-43)25-36(48-39)31-19-17-30(28-44)18-20-31/h7-8,11-12,15-22,33,36,39,44H,1-6,9-10,13-14,23-28,40H2,(H,41,45)(H,42,46)/t33-,36+,39+/m0/s1. The molecule has 48 heavy (non-hydrogen) atoms. The fraction of sp³-hybridized carbons (Fsp3) is 0.487. The van der Waals surface area contributed by atoms with Gasteiger partial charge < -0.3 is 35.8 Å². The lowest BCUT2D eigenvalue weighted by atomic mass is 9.99. The predicted molar refractivity (Wildman–Crippen MR) is 189 cm³/mol. The average Bonchev–Trinajstić information content (AvgIpc) is 3.09. The van der Waals surface area contributed by atoms with E-state index in [1.54, 1.807) is 12.1 Å². The van der Waals surface area contributed by atoms with Gasteiger partial charge in [-0.25, -0.2) is 0 Å². The Hall–Kier alpha value is -3.76. The number of rotatable bonds is 14. The van der Waals surface area contributed by atoms with E-state index in [0.717, 1.165) is 61.2 Å². The zero-order chi connectivity index (χ0) is 33.6. The number of unbranched alkanes of at least 4 members (excludes halogenated alkanes) is 2. The molecule has 0 saturated carbocycles. The van der Waals surface area contributed by atoms with Crippen LogP contribution >= 0.6 is 0 Å². The topological polar surface area (TPSA) is 126 Å². The van der Waals surface area contributed by atoms with Gasteiger partial charge >= 0.3 is 0 Å². The Morgan fingerprint density at radius 3 is 2.12 bits per heavy atom. The predicted octanol–water partition coefficient (Wildman–Crippen LogP) is 6.78. The van der Waals surface area contributed by atoms with Crippen LogP contribution in [0.5, 0.6) is 0 Å². The lowest BCUT2D eigenvalue weighted by molar-refractivity contribution is -0.253. The highest BCUT2D eigenvalue weighted by Gasteiger charge is 2.33. The molecule has 9 heteroatoms. The highest BCUT2D eigenvalue weighted by atomic mass is 16.7. The molecular formula is C39H52N4O5. The van der Waals surface area contributed by atoms with E-state index in [9.17, 15) is 14.7 Å². The van der Waals surface area contributed by atoms with Crippen molar-refractivity contribution in [2.45, 2.75) is 102 Å². The number of para-hydroxylation sites is 2. The van der Waals surface area contributed by atoms with E-state index in [4.69, 9.17) is 15.2 Å². The summed E-state index contributed by atoms with van der Waals surface area (Å²) in [5.41, 5.74) is 11.0. The molecular weight excluding hydrogens is 604 g/mol. The first-order chi connectivity index (χ1) is 23.5. The minimum Gasteiger partial charge on any atom is -0.397 e. The molecule has 3 aromatic carbocycles. The molecule has 0 bridgehead atoms. The van der Waals surface area contributed by atoms with E-state index in [1.165, 1.54) is 32.1 Å². The molecule has 2 saturated heterocycles. The first-order valence-corrected chi connectivity index (χ1v) is 17.7. The number of carbonyl (C=O) groups is 2. The molecule has 5 N–H and O–H groups in total. The Kier molecular flexibility index (Phi) is 13.8. The number of nitrogens with two attached hydrogens (primary N) is 1. The number of benzene rings is 3. The number of hydrogen-bond donors (Lipinski definition) is 4. The van der Waals surface area contributed by atoms with Crippen molar-refractivity contribution in [1.82, 2.24) is 10.2 Å². The Bertz CT molecular complexity index is 1420. The normalized spacial score (nSPS) is 20.4. The van der Waals surface area contributed by atoms with Gasteiger partial charge in [0.1, 0.15) is 0 Å². The Morgan fingerprint density at radius 1 is 0.771 bits per heavy atom. The van der Waals surface area contributed by atoms with E-state index in [2.05, 4.69) is 27.7 Å². The molecule has 3 aromatic rings. The second-order valence-corrected chi connectivity index (χ2v) is 13.1. The summed E-state index contributed by atoms with van der Waals surface area (Å²) in [6.45, 7) is 3.59. The maximum atomic E-state index is 12.5. The zero-order valence-corrected chi connectivity index (χ0v) is 28.1. The number of ether oxygens (including phenoxy) is 2. The van der Waals surface area contributed by atoms with E-state index < -0.39 is 6.29 Å². The number of anilines is 2. The van der Waals surface area contributed by atoms with Crippen LogP contribution in [0.3, 0.4) is 0 Å². The summed E-state index contributed by atoms with van der Waals surface area (Å²) >= 11 is 0. The van der Waals surface area contributed by atoms with Crippen molar-refractivity contribution in [3.05, 3.63) is 95.1 Å². The monoisotopic (exact) mass is 656 g/mol. The fourth-order valence-electron chi connectivity index (χ4n) is 6.47. The number of hydrogen-bond acceptors (Lipinski definition) is 7. The van der Waals surface area contributed by atoms with E-state index in [1.807, 2.05) is 48.5 Å². The highest BCUT2D eigenvalue weighted by molar-refractivity contribution is 5.93. The summed E-state index contributed by atoms with van der Waals surface area (Å²) in [6, 6.07) is 23.3. The summed E-state index contributed by atoms with van der Waals surface area (Å²) in [4.78, 5) is 27.3. The number of nitrogens with zero attached hydrogens (tertiary/aromatic N) is 1. The lowest BCUT2D eigenvalue weighted by Crippen LogP contribution is -2.40. The molecule has 0 aliphatic carbocycles. The van der Waals surface area contributed by atoms with Gasteiger partial charge in [-0.1, -0.05) is 86.3 Å². The van der Waals surface area contributed by atoms with Crippen molar-refractivity contribution < 1.29 is 24.2 Å². The quantitative estimate of drug-likeness (QED) is 0.111. The fourth-order valence-corrected chi connectivity index (χ4v) is 6.47. The molecule has 2 aliphatic heterocycles. The van der Waals surface area contributed by atoms with Gasteiger partial charge in [0, 0.05) is 37.9 Å². The molecule has 9 nitrogen and oxygen atoms in total. The zero-order valence-electron chi connectivity index (χ0n) is 28.1. The number of amides is 2. The van der Waals surface area contributed by atoms with Crippen molar-refractivity contribution in [3.8, 4) is 0 Å². The average molecular weight is 657 g/mol. The van der Waals surface area contributed by atoms with Gasteiger partial charge in [-0.2, -0.15) is 0 Å². The van der Waals surface area contributed by atoms with Crippen LogP contribution in [0, 0.1) is 0 Å². The van der Waals surface area contributed by atoms with Crippen molar-refractivity contribution in [2.24, 2.45) is 0 Å². The lowest BCUT2D eigenvalue weighted by Gasteiger charge is -2.38. The molecule has 3 atom stereocenters. The van der Waals surface area contributed by atoms with Gasteiger partial charge in [0.2, 0.25) is 11.8 Å². The molecule has 2 fully saturated rings. The maximum Gasteiger partial charge on any atom is 0.224 e. The second kappa shape index (κ2) is 18.7. The Morgan fingerprint density at radius 2 is 1.42 bits per heavy atom. The van der Waals surface area contributed by atoms with Crippen LogP contribution in [0.4, 0.5) is 11.4 Å². The Labute approximate surface area is 285 Å². The third kappa shape index (κ3) is 11.2. The molecule has 2 aliphatic rings. The SMILES string of the molecule is Nc1ccccc1NC(=O)CCCCCC(=O)NCc1ccc([C@@H]2O[C@H](CN3CCCCCCC3)C[C@H](c3ccc(CO)cc3)O2)cc1. The summed E-state index contributed by atoms with van der Waals surface area (Å²) in [6.07, 6.45) is 9.70. The van der Waals surface area contributed by atoms with Gasteiger partial charge in [-0.3, -0.25) is 9.59 Å². The molecule has 258 valence electrons. The Balaban J connectivity index is 1.08. The molecule has 0 spiro atoms. The third-order valence-electron chi connectivity index (χ3n) is 9.31. The molecule has 0 radical (unpaired) electrons. The first-order valence-electron chi connectivity index (χ1n) is 17.7. The number of nitrogen functional groups attached to an aromatic ring is 1. The first kappa shape index (κ1) is 35.5. The van der Waals surface area contributed by atoms with Crippen LogP contribution in [0.2, 0.25) is 0 Å². The molecule has 2 amide bonds. The second-order valence-electron chi connectivity index (χ2n) is 13.1. The van der Waals surface area contributed by atoms with Crippen LogP contribution < -0.4 is 16.4 Å². The minimum absolute atomic E-state index is 0.00153. The van der Waals surface area contributed by atoms with E-state index in [-0.39, 0.29) is 30.6 Å². The van der Waals surface area contributed by atoms with Crippen LogP contribution in [-0.4, -0.2) is 47.6 Å². The van der Waals surface area contributed by atoms with Gasteiger partial charge in [-0.05, 0) is 67.6 Å². The number of aliphatic hydroxyl groups excluding tert-OH is 1. The summed E-state index contributed by atoms with van der Waals surface area (Å²) in [7, 11) is 0. The van der Waals surface area contributed by atoms with Crippen LogP contribution in [-0.2, 0) is 32.2 Å². The molecule has 5 rings (SSSR count). The van der Waals surface area contributed by atoms with Crippen molar-refractivity contribution in [2.75, 3.05) is 30.7 Å². The summed E-state index contributed by atoms with van der Waals surface area (Å²) in [5, 5.41) is 15.4. The van der Waals surface area contributed by atoms with Crippen LogP contribution in [0.25, 0.3) is 0 Å². The van der Waals surface area contributed by atoms with Gasteiger partial charge in [0.15, 0.2) is 6.29 Å². The molecule has 0 unspecified atom stereocenters. The maximum absolute atomic E-state index is 12.5. The van der Waals surface area contributed by atoms with Crippen LogP contribution in [0.15, 0.2) is 72.8 Å². The smallest absolute Gasteiger partial charge is 0.224 e. The van der Waals surface area contributed by atoms with Gasteiger partial charge in [0.25, 0.3) is 0 Å². The van der Waals surface area contributed by atoms with Crippen LogP contribution in [0.1, 0.15) is 105 Å². The summed E-state index contributed by atoms with van der Waals surface area (Å²) < 4.78 is 13.1. The number of aliphatic hydroxyl groups is 1. The van der Waals surface area contributed by atoms with Gasteiger partial charge in [0.05, 0.1) is 30.2 Å². The van der Waals surface area contributed by atoms with E-state index in [0.29, 0.717) is 37.2 Å². The largest absolute Gasteiger partial charge is 0.397 e. The van der Waals surface area contributed by atoms with Crippen molar-refractivity contribution in [3.63, 3.8) is 0 Å². The van der Waals surface area contributed by atoms with Crippen molar-refractivity contribution >= 4 is 23.2 Å². The number of nitrogens with one attached hydrogen (secondary N) is 2. The van der Waals surface area contributed by atoms with E-state index >= 15 is 0 Å². The third-order valence-corrected chi connectivity index (χ3v) is 9.31. The number of carbonyl (C=O) groups excluding carboxylic acids is 2. The van der Waals surface area contributed by atoms with Crippen molar-refractivity contribution in [1.29, 1.82) is 0 Å². The molecule has 2 heterocycles. The van der Waals surface area contributed by atoms with Gasteiger partial charge in [-0.15, -0.1) is 0 Å². The summed E-state index contributed by atoms with van der Waals surface area (Å²) in [5.74, 6) is -0.0676.